The van der Waals surface area contributed by atoms with E-state index in [0.29, 0.717) is 35.8 Å². The van der Waals surface area contributed by atoms with Crippen LogP contribution in [0, 0.1) is 5.92 Å². The number of anilines is 1. The Morgan fingerprint density at radius 1 is 1.18 bits per heavy atom. The molecule has 150 valence electrons. The summed E-state index contributed by atoms with van der Waals surface area (Å²) >= 11 is 0. The molecular formula is C21H26ClN3O3. The Morgan fingerprint density at radius 2 is 2.00 bits per heavy atom. The lowest BCUT2D eigenvalue weighted by Crippen LogP contribution is -2.33. The van der Waals surface area contributed by atoms with Gasteiger partial charge in [-0.25, -0.2) is 0 Å². The van der Waals surface area contributed by atoms with E-state index in [0.717, 1.165) is 37.4 Å². The van der Waals surface area contributed by atoms with E-state index in [-0.39, 0.29) is 24.1 Å². The summed E-state index contributed by atoms with van der Waals surface area (Å²) in [4.78, 5) is 27.8. The van der Waals surface area contributed by atoms with Crippen LogP contribution in [-0.2, 0) is 6.42 Å². The van der Waals surface area contributed by atoms with E-state index in [2.05, 4.69) is 15.6 Å². The standard InChI is InChI=1S/C21H25N3O3.ClH/c25-19-5-1-4-18-20(19)17(12-23-18)21(26)24-15-6-8-16(9-7-15)27-13-14-3-2-10-22-11-14;/h6-9,12,14,22-23H,1-5,10-11,13H2,(H,24,26);1H. The predicted molar refractivity (Wildman–Crippen MR) is 111 cm³/mol. The van der Waals surface area contributed by atoms with Crippen LogP contribution in [0.2, 0.25) is 0 Å². The molecule has 0 spiro atoms. The molecule has 1 aliphatic carbocycles. The first-order chi connectivity index (χ1) is 13.2. The SMILES string of the molecule is Cl.O=C(Nc1ccc(OCC2CCCNC2)cc1)c1c[nH]c2c1C(=O)CCC2. The fourth-order valence-electron chi connectivity index (χ4n) is 3.82. The number of ketones is 1. The van der Waals surface area contributed by atoms with E-state index >= 15 is 0 Å². The molecule has 4 rings (SSSR count). The predicted octanol–water partition coefficient (Wildman–Crippen LogP) is 3.59. The summed E-state index contributed by atoms with van der Waals surface area (Å²) in [5.74, 6) is 1.14. The van der Waals surface area contributed by atoms with Crippen molar-refractivity contribution in [3.8, 4) is 5.75 Å². The summed E-state index contributed by atoms with van der Waals surface area (Å²) < 4.78 is 5.86. The van der Waals surface area contributed by atoms with Gasteiger partial charge in [-0.3, -0.25) is 9.59 Å². The minimum atomic E-state index is -0.260. The van der Waals surface area contributed by atoms with Crippen LogP contribution in [0.25, 0.3) is 0 Å². The molecule has 2 aliphatic rings. The molecule has 6 nitrogen and oxygen atoms in total. The fourth-order valence-corrected chi connectivity index (χ4v) is 3.82. The maximum absolute atomic E-state index is 12.6. The Kier molecular flexibility index (Phi) is 6.75. The van der Waals surface area contributed by atoms with Crippen LogP contribution in [0.15, 0.2) is 30.5 Å². The van der Waals surface area contributed by atoms with Gasteiger partial charge < -0.3 is 20.4 Å². The van der Waals surface area contributed by atoms with Crippen LogP contribution >= 0.6 is 12.4 Å². The number of carbonyl (C=O) groups is 2. The van der Waals surface area contributed by atoms with Crippen molar-refractivity contribution in [2.45, 2.75) is 32.1 Å². The fraction of sp³-hybridized carbons (Fsp3) is 0.429. The third-order valence-electron chi connectivity index (χ3n) is 5.31. The largest absolute Gasteiger partial charge is 0.493 e. The number of aromatic amines is 1. The van der Waals surface area contributed by atoms with E-state index in [1.807, 2.05) is 24.3 Å². The normalized spacial score (nSPS) is 18.7. The van der Waals surface area contributed by atoms with Gasteiger partial charge in [-0.1, -0.05) is 0 Å². The number of H-pyrrole nitrogens is 1. The number of halogens is 1. The molecule has 1 amide bonds. The van der Waals surface area contributed by atoms with Gasteiger partial charge in [-0.05, 0) is 56.5 Å². The lowest BCUT2D eigenvalue weighted by molar-refractivity contribution is 0.0956. The van der Waals surface area contributed by atoms with Crippen molar-refractivity contribution in [2.24, 2.45) is 5.92 Å². The van der Waals surface area contributed by atoms with Gasteiger partial charge >= 0.3 is 0 Å². The van der Waals surface area contributed by atoms with Gasteiger partial charge in [0, 0.05) is 36.5 Å². The number of nitrogens with one attached hydrogen (secondary N) is 3. The van der Waals surface area contributed by atoms with Crippen molar-refractivity contribution >= 4 is 29.8 Å². The Balaban J connectivity index is 0.00000225. The first-order valence-corrected chi connectivity index (χ1v) is 9.69. The number of carbonyl (C=O) groups excluding carboxylic acids is 2. The number of hydrogen-bond acceptors (Lipinski definition) is 4. The number of ether oxygens (including phenoxy) is 1. The zero-order valence-electron chi connectivity index (χ0n) is 15.8. The quantitative estimate of drug-likeness (QED) is 0.712. The second kappa shape index (κ2) is 9.26. The molecule has 0 bridgehead atoms. The molecule has 0 saturated carbocycles. The zero-order valence-corrected chi connectivity index (χ0v) is 16.6. The van der Waals surface area contributed by atoms with Crippen molar-refractivity contribution in [2.75, 3.05) is 25.0 Å². The van der Waals surface area contributed by atoms with Crippen LogP contribution in [0.4, 0.5) is 5.69 Å². The third kappa shape index (κ3) is 4.56. The summed E-state index contributed by atoms with van der Waals surface area (Å²) in [6.45, 7) is 2.81. The summed E-state index contributed by atoms with van der Waals surface area (Å²) in [5.41, 5.74) is 2.54. The molecule has 1 unspecified atom stereocenters. The highest BCUT2D eigenvalue weighted by Gasteiger charge is 2.25. The minimum absolute atomic E-state index is 0. The van der Waals surface area contributed by atoms with E-state index in [9.17, 15) is 9.59 Å². The molecule has 1 saturated heterocycles. The van der Waals surface area contributed by atoms with Gasteiger partial charge in [0.05, 0.1) is 17.7 Å². The van der Waals surface area contributed by atoms with Crippen molar-refractivity contribution in [3.63, 3.8) is 0 Å². The second-order valence-corrected chi connectivity index (χ2v) is 7.33. The van der Waals surface area contributed by atoms with Gasteiger partial charge in [0.25, 0.3) is 5.91 Å². The van der Waals surface area contributed by atoms with Crippen molar-refractivity contribution in [1.29, 1.82) is 0 Å². The molecule has 7 heteroatoms. The molecular weight excluding hydrogens is 378 g/mol. The number of aromatic nitrogens is 1. The third-order valence-corrected chi connectivity index (χ3v) is 5.31. The van der Waals surface area contributed by atoms with Crippen molar-refractivity contribution in [3.05, 3.63) is 47.3 Å². The topological polar surface area (TPSA) is 83.2 Å². The van der Waals surface area contributed by atoms with Crippen molar-refractivity contribution < 1.29 is 14.3 Å². The molecule has 1 atom stereocenters. The van der Waals surface area contributed by atoms with Crippen molar-refractivity contribution in [1.82, 2.24) is 10.3 Å². The highest BCUT2D eigenvalue weighted by Crippen LogP contribution is 2.25. The van der Waals surface area contributed by atoms with E-state index in [1.165, 1.54) is 12.8 Å². The molecule has 1 aromatic heterocycles. The summed E-state index contributed by atoms with van der Waals surface area (Å²) in [7, 11) is 0. The number of fused-ring (bicyclic) bond motifs is 1. The highest BCUT2D eigenvalue weighted by atomic mass is 35.5. The minimum Gasteiger partial charge on any atom is -0.493 e. The molecule has 2 aromatic rings. The lowest BCUT2D eigenvalue weighted by Gasteiger charge is -2.22. The smallest absolute Gasteiger partial charge is 0.257 e. The number of Topliss-reactive ketones (excluding diaryl/α,β-unsaturated/α-hetero) is 1. The maximum Gasteiger partial charge on any atom is 0.257 e. The number of piperidine rings is 1. The summed E-state index contributed by atoms with van der Waals surface area (Å²) in [6, 6.07) is 7.38. The lowest BCUT2D eigenvalue weighted by atomic mass is 9.93. The molecule has 3 N–H and O–H groups in total. The molecule has 1 aliphatic heterocycles. The van der Waals surface area contributed by atoms with E-state index in [1.54, 1.807) is 6.20 Å². The first-order valence-electron chi connectivity index (χ1n) is 9.69. The van der Waals surface area contributed by atoms with Crippen LogP contribution in [0.5, 0.6) is 5.75 Å². The van der Waals surface area contributed by atoms with E-state index in [4.69, 9.17) is 4.74 Å². The number of hydrogen-bond donors (Lipinski definition) is 3. The molecule has 1 fully saturated rings. The van der Waals surface area contributed by atoms with Gasteiger partial charge in [-0.2, -0.15) is 0 Å². The van der Waals surface area contributed by atoms with Crippen LogP contribution in [-0.4, -0.2) is 36.4 Å². The maximum atomic E-state index is 12.6. The average molecular weight is 404 g/mol. The van der Waals surface area contributed by atoms with Crippen LogP contribution in [0.1, 0.15) is 52.1 Å². The number of rotatable bonds is 5. The van der Waals surface area contributed by atoms with E-state index < -0.39 is 0 Å². The number of benzene rings is 1. The molecule has 1 aromatic carbocycles. The van der Waals surface area contributed by atoms with Crippen LogP contribution in [0.3, 0.4) is 0 Å². The Labute approximate surface area is 170 Å². The van der Waals surface area contributed by atoms with Gasteiger partial charge in [0.1, 0.15) is 5.75 Å². The summed E-state index contributed by atoms with van der Waals surface area (Å²) in [6.07, 6.45) is 6.19. The van der Waals surface area contributed by atoms with Crippen LogP contribution < -0.4 is 15.4 Å². The zero-order chi connectivity index (χ0) is 18.6. The highest BCUT2D eigenvalue weighted by molar-refractivity contribution is 6.13. The Morgan fingerprint density at radius 3 is 2.75 bits per heavy atom. The summed E-state index contributed by atoms with van der Waals surface area (Å²) in [5, 5.41) is 6.26. The molecule has 28 heavy (non-hydrogen) atoms. The first kappa shape index (κ1) is 20.4. The van der Waals surface area contributed by atoms with Gasteiger partial charge in [0.2, 0.25) is 0 Å². The molecule has 2 heterocycles. The second-order valence-electron chi connectivity index (χ2n) is 7.33. The Bertz CT molecular complexity index is 826. The van der Waals surface area contributed by atoms with Gasteiger partial charge in [0.15, 0.2) is 5.78 Å². The molecule has 0 radical (unpaired) electrons. The van der Waals surface area contributed by atoms with Gasteiger partial charge in [-0.15, -0.1) is 12.4 Å². The Hall–Kier alpha value is -2.31. The average Bonchev–Trinajstić information content (AvgIpc) is 3.14. The monoisotopic (exact) mass is 403 g/mol. The number of amides is 1. The number of aryl methyl sites for hydroxylation is 1.